The van der Waals surface area contributed by atoms with E-state index in [1.807, 2.05) is 26.0 Å². The lowest BCUT2D eigenvalue weighted by Crippen LogP contribution is -2.42. The number of aromatic nitrogens is 1. The Labute approximate surface area is 155 Å². The van der Waals surface area contributed by atoms with E-state index in [2.05, 4.69) is 50.1 Å². The maximum Gasteiger partial charge on any atom is 0.319 e. The van der Waals surface area contributed by atoms with Crippen LogP contribution in [-0.2, 0) is 6.54 Å². The highest BCUT2D eigenvalue weighted by atomic mass is 16.2. The predicted molar refractivity (Wildman–Crippen MR) is 104 cm³/mol. The third-order valence-electron chi connectivity index (χ3n) is 4.58. The van der Waals surface area contributed by atoms with Gasteiger partial charge in [-0.05, 0) is 37.1 Å². The van der Waals surface area contributed by atoms with Gasteiger partial charge in [-0.2, -0.15) is 0 Å². The van der Waals surface area contributed by atoms with E-state index in [0.29, 0.717) is 5.69 Å². The number of carbonyl (C=O) groups excluding carboxylic acids is 1. The molecule has 3 N–H and O–H groups in total. The fourth-order valence-electron chi connectivity index (χ4n) is 3.08. The molecular weight excluding hydrogens is 326 g/mol. The molecule has 0 aliphatic carbocycles. The van der Waals surface area contributed by atoms with Crippen LogP contribution in [0.15, 0.2) is 42.6 Å². The van der Waals surface area contributed by atoms with Gasteiger partial charge in [0.25, 0.3) is 0 Å². The van der Waals surface area contributed by atoms with E-state index in [-0.39, 0.29) is 12.1 Å². The summed E-state index contributed by atoms with van der Waals surface area (Å²) in [5.74, 6) is 0. The number of piperazine rings is 1. The number of anilines is 1. The minimum Gasteiger partial charge on any atom is -0.331 e. The van der Waals surface area contributed by atoms with Gasteiger partial charge in [0.15, 0.2) is 0 Å². The molecule has 138 valence electrons. The Morgan fingerprint density at radius 2 is 2.08 bits per heavy atom. The van der Waals surface area contributed by atoms with Crippen molar-refractivity contribution in [3.63, 3.8) is 0 Å². The van der Waals surface area contributed by atoms with E-state index in [4.69, 9.17) is 0 Å². The maximum absolute atomic E-state index is 12.2. The molecule has 2 aromatic rings. The minimum absolute atomic E-state index is 0.0728. The van der Waals surface area contributed by atoms with E-state index < -0.39 is 0 Å². The number of rotatable bonds is 5. The van der Waals surface area contributed by atoms with Crippen molar-refractivity contribution < 1.29 is 4.79 Å². The smallest absolute Gasteiger partial charge is 0.319 e. The van der Waals surface area contributed by atoms with Gasteiger partial charge in [0, 0.05) is 38.4 Å². The monoisotopic (exact) mass is 353 g/mol. The van der Waals surface area contributed by atoms with Crippen LogP contribution in [-0.4, -0.2) is 42.1 Å². The van der Waals surface area contributed by atoms with Crippen LogP contribution >= 0.6 is 0 Å². The van der Waals surface area contributed by atoms with Crippen LogP contribution in [0.2, 0.25) is 0 Å². The van der Waals surface area contributed by atoms with E-state index in [9.17, 15) is 4.79 Å². The number of pyridine rings is 1. The fraction of sp³-hybridized carbons (Fsp3) is 0.400. The van der Waals surface area contributed by atoms with Crippen LogP contribution in [0.1, 0.15) is 29.8 Å². The molecule has 2 amide bonds. The quantitative estimate of drug-likeness (QED) is 0.773. The molecule has 1 aromatic heterocycles. The molecule has 0 spiro atoms. The van der Waals surface area contributed by atoms with E-state index in [0.717, 1.165) is 44.0 Å². The highest BCUT2D eigenvalue weighted by Crippen LogP contribution is 2.16. The SMILES string of the molecule is Cc1ccc(NC(=O)NC(C)c2cccc(CN3CCNCC3)c2)cn1. The van der Waals surface area contributed by atoms with Crippen molar-refractivity contribution in [3.8, 4) is 0 Å². The molecule has 6 nitrogen and oxygen atoms in total. The van der Waals surface area contributed by atoms with Crippen molar-refractivity contribution in [2.24, 2.45) is 0 Å². The number of carbonyl (C=O) groups is 1. The largest absolute Gasteiger partial charge is 0.331 e. The first kappa shape index (κ1) is 18.4. The number of nitrogens with one attached hydrogen (secondary N) is 3. The Bertz CT molecular complexity index is 725. The molecule has 3 rings (SSSR count). The van der Waals surface area contributed by atoms with Gasteiger partial charge in [0.1, 0.15) is 0 Å². The number of nitrogens with zero attached hydrogens (tertiary/aromatic N) is 2. The topological polar surface area (TPSA) is 69.3 Å². The number of amides is 2. The zero-order valence-corrected chi connectivity index (χ0v) is 15.5. The van der Waals surface area contributed by atoms with Gasteiger partial charge in [0.05, 0.1) is 17.9 Å². The van der Waals surface area contributed by atoms with Crippen LogP contribution in [0.3, 0.4) is 0 Å². The first-order chi connectivity index (χ1) is 12.6. The minimum atomic E-state index is -0.226. The van der Waals surface area contributed by atoms with Gasteiger partial charge in [-0.3, -0.25) is 9.88 Å². The third kappa shape index (κ3) is 5.28. The molecule has 1 atom stereocenters. The molecule has 0 radical (unpaired) electrons. The van der Waals surface area contributed by atoms with Gasteiger partial charge >= 0.3 is 6.03 Å². The molecule has 1 fully saturated rings. The summed E-state index contributed by atoms with van der Waals surface area (Å²) in [5, 5.41) is 9.19. The molecule has 6 heteroatoms. The van der Waals surface area contributed by atoms with E-state index in [1.165, 1.54) is 5.56 Å². The van der Waals surface area contributed by atoms with Crippen LogP contribution in [0.4, 0.5) is 10.5 Å². The second-order valence-corrected chi connectivity index (χ2v) is 6.78. The van der Waals surface area contributed by atoms with Crippen LogP contribution in [0.5, 0.6) is 0 Å². The normalized spacial score (nSPS) is 16.1. The summed E-state index contributed by atoms with van der Waals surface area (Å²) in [6.45, 7) is 9.10. The first-order valence-electron chi connectivity index (χ1n) is 9.12. The number of urea groups is 1. The molecule has 0 saturated carbocycles. The lowest BCUT2D eigenvalue weighted by molar-refractivity contribution is 0.233. The van der Waals surface area contributed by atoms with Gasteiger partial charge in [-0.25, -0.2) is 4.79 Å². The van der Waals surface area contributed by atoms with Crippen molar-refractivity contribution in [3.05, 3.63) is 59.4 Å². The molecule has 1 saturated heterocycles. The molecule has 1 aromatic carbocycles. The first-order valence-corrected chi connectivity index (χ1v) is 9.12. The van der Waals surface area contributed by atoms with Gasteiger partial charge in [-0.15, -0.1) is 0 Å². The number of benzene rings is 1. The number of aryl methyl sites for hydroxylation is 1. The summed E-state index contributed by atoms with van der Waals surface area (Å²) in [6, 6.07) is 11.9. The average molecular weight is 353 g/mol. The summed E-state index contributed by atoms with van der Waals surface area (Å²) in [4.78, 5) is 18.9. The lowest BCUT2D eigenvalue weighted by atomic mass is 10.0. The Morgan fingerprint density at radius 3 is 2.81 bits per heavy atom. The predicted octanol–water partition coefficient (Wildman–Crippen LogP) is 2.68. The van der Waals surface area contributed by atoms with Gasteiger partial charge in [-0.1, -0.05) is 24.3 Å². The Hall–Kier alpha value is -2.44. The maximum atomic E-state index is 12.2. The molecule has 1 unspecified atom stereocenters. The molecule has 26 heavy (non-hydrogen) atoms. The summed E-state index contributed by atoms with van der Waals surface area (Å²) >= 11 is 0. The summed E-state index contributed by atoms with van der Waals surface area (Å²) in [7, 11) is 0. The van der Waals surface area contributed by atoms with Crippen LogP contribution < -0.4 is 16.0 Å². The second-order valence-electron chi connectivity index (χ2n) is 6.78. The Kier molecular flexibility index (Phi) is 6.20. The number of hydrogen-bond donors (Lipinski definition) is 3. The summed E-state index contributed by atoms with van der Waals surface area (Å²) < 4.78 is 0. The molecule has 0 bridgehead atoms. The van der Waals surface area contributed by atoms with Crippen LogP contribution in [0, 0.1) is 6.92 Å². The van der Waals surface area contributed by atoms with Gasteiger partial charge < -0.3 is 16.0 Å². The van der Waals surface area contributed by atoms with E-state index >= 15 is 0 Å². The molecular formula is C20H27N5O. The standard InChI is InChI=1S/C20H27N5O/c1-15-6-7-19(13-22-15)24-20(26)23-16(2)18-5-3-4-17(12-18)14-25-10-8-21-9-11-25/h3-7,12-13,16,21H,8-11,14H2,1-2H3,(H2,23,24,26). The summed E-state index contributed by atoms with van der Waals surface area (Å²) in [5.41, 5.74) is 3.99. The van der Waals surface area contributed by atoms with Crippen molar-refractivity contribution in [2.45, 2.75) is 26.4 Å². The Morgan fingerprint density at radius 1 is 1.27 bits per heavy atom. The highest BCUT2D eigenvalue weighted by Gasteiger charge is 2.13. The van der Waals surface area contributed by atoms with E-state index in [1.54, 1.807) is 6.20 Å². The number of hydrogen-bond acceptors (Lipinski definition) is 4. The zero-order chi connectivity index (χ0) is 18.4. The zero-order valence-electron chi connectivity index (χ0n) is 15.5. The molecule has 1 aliphatic heterocycles. The van der Waals surface area contributed by atoms with Crippen molar-refractivity contribution >= 4 is 11.7 Å². The van der Waals surface area contributed by atoms with Crippen LogP contribution in [0.25, 0.3) is 0 Å². The lowest BCUT2D eigenvalue weighted by Gasteiger charge is -2.27. The summed E-state index contributed by atoms with van der Waals surface area (Å²) in [6.07, 6.45) is 1.66. The second kappa shape index (κ2) is 8.78. The fourth-order valence-corrected chi connectivity index (χ4v) is 3.08. The van der Waals surface area contributed by atoms with Crippen molar-refractivity contribution in [2.75, 3.05) is 31.5 Å². The molecule has 2 heterocycles. The highest BCUT2D eigenvalue weighted by molar-refractivity contribution is 5.89. The molecule has 1 aliphatic rings. The average Bonchev–Trinajstić information content (AvgIpc) is 2.64. The van der Waals surface area contributed by atoms with Gasteiger partial charge in [0.2, 0.25) is 0 Å². The van der Waals surface area contributed by atoms with Crippen molar-refractivity contribution in [1.29, 1.82) is 0 Å². The third-order valence-corrected chi connectivity index (χ3v) is 4.58. The Balaban J connectivity index is 1.56. The van der Waals surface area contributed by atoms with Crippen molar-refractivity contribution in [1.82, 2.24) is 20.5 Å².